The van der Waals surface area contributed by atoms with E-state index in [4.69, 9.17) is 18.9 Å². The molecule has 2 aromatic rings. The standard InChI is InChI=1S/C55H79N7O16/c1-11-13-25-76-55(29-63)24-23-41(65)56-27-42(66)75-28-39-54(74)77-34(8)45(60-48(68)32(6)47(67)30(3)4)52(72)58-43(31(5)12-2)50(70)61-46(37-19-21-38(22-20-37)78-35(55)9)53(73)62(10)40(26-36-17-15-14-16-18-36)49(69)59-44(33(7)64)51(71)57-39/h14-24,30-35,39-40,43-47,63-64,67H,11-13,25-29H2,1-10H3,(H,56,65)(H,57,71)(H,58,72)(H,59,69)(H,60,68)(H,61,70)/t31-,32+,33+,34+,35+,39-,40-,43+,44+,45-,46-,47+,55-/m0/s1. The van der Waals surface area contributed by atoms with E-state index in [1.165, 1.54) is 58.2 Å². The molecule has 3 aliphatic rings. The first kappa shape index (κ1) is 63.6. The van der Waals surface area contributed by atoms with Gasteiger partial charge in [-0.1, -0.05) is 96.8 Å². The highest BCUT2D eigenvalue weighted by atomic mass is 16.6. The predicted molar refractivity (Wildman–Crippen MR) is 282 cm³/mol. The van der Waals surface area contributed by atoms with E-state index in [0.717, 1.165) is 17.4 Å². The molecule has 13 atom stereocenters. The Morgan fingerprint density at radius 1 is 0.833 bits per heavy atom. The van der Waals surface area contributed by atoms with E-state index in [2.05, 4.69) is 31.9 Å². The summed E-state index contributed by atoms with van der Waals surface area (Å²) in [6.07, 6.45) is -1.82. The van der Waals surface area contributed by atoms with E-state index in [-0.39, 0.29) is 30.8 Å². The van der Waals surface area contributed by atoms with Crippen LogP contribution in [0.25, 0.3) is 0 Å². The minimum atomic E-state index is -1.97. The maximum atomic E-state index is 15.3. The molecule has 5 rings (SSSR count). The van der Waals surface area contributed by atoms with Gasteiger partial charge in [0.1, 0.15) is 66.9 Å². The summed E-state index contributed by atoms with van der Waals surface area (Å²) in [5.74, 6) is -11.2. The van der Waals surface area contributed by atoms with Crippen molar-refractivity contribution in [2.24, 2.45) is 17.8 Å². The molecule has 78 heavy (non-hydrogen) atoms. The number of hydrogen-bond donors (Lipinski definition) is 9. The summed E-state index contributed by atoms with van der Waals surface area (Å²) < 4.78 is 23.6. The Labute approximate surface area is 455 Å². The van der Waals surface area contributed by atoms with Crippen LogP contribution >= 0.6 is 0 Å². The number of likely N-dealkylation sites (N-methyl/N-ethyl adjacent to an activating group) is 1. The van der Waals surface area contributed by atoms with Crippen molar-refractivity contribution in [3.05, 3.63) is 77.9 Å². The number of fused-ring (bicyclic) bond motifs is 11. The number of nitrogens with one attached hydrogen (secondary N) is 6. The van der Waals surface area contributed by atoms with E-state index >= 15 is 4.79 Å². The fraction of sp³-hybridized carbons (Fsp3) is 0.582. The SMILES string of the molecule is CCCCO[C@]1(CO)C=CC(=O)NCC(=O)OC[C@@H]2NC(=O)[C@@H]([C@@H](C)O)NC(=O)[C@H](Cc3ccccc3)N(C)C(=O)[C@@H](NC(=O)[C@@H]([C@@H](C)CC)NC(=O)[C@@H](NC(=O)[C@H](C)[C@H](O)C(C)C)[C@@H](C)OC2=O)c2ccc(cc2)O[C@@H]1C. The molecule has 0 spiro atoms. The quantitative estimate of drug-likeness (QED) is 0.0915. The third-order valence-corrected chi connectivity index (χ3v) is 14.0. The molecule has 7 amide bonds. The molecule has 0 aliphatic carbocycles. The van der Waals surface area contributed by atoms with Crippen molar-refractivity contribution in [3.8, 4) is 5.75 Å². The molecular formula is C55H79N7O16. The average molecular weight is 1090 g/mol. The van der Waals surface area contributed by atoms with Gasteiger partial charge < -0.3 is 71.1 Å². The van der Waals surface area contributed by atoms with Gasteiger partial charge in [0.2, 0.25) is 41.4 Å². The summed E-state index contributed by atoms with van der Waals surface area (Å²) in [6, 6.07) is 4.24. The maximum absolute atomic E-state index is 15.3. The smallest absolute Gasteiger partial charge is 0.332 e. The fourth-order valence-electron chi connectivity index (χ4n) is 8.54. The molecule has 23 nitrogen and oxygen atoms in total. The number of esters is 2. The van der Waals surface area contributed by atoms with Gasteiger partial charge in [-0.2, -0.15) is 0 Å². The molecule has 1 saturated heterocycles. The second-order valence-electron chi connectivity index (χ2n) is 20.3. The summed E-state index contributed by atoms with van der Waals surface area (Å²) in [5.41, 5.74) is -0.920. The lowest BCUT2D eigenvalue weighted by Crippen LogP contribution is -2.61. The van der Waals surface area contributed by atoms with Crippen LogP contribution in [-0.4, -0.2) is 167 Å². The van der Waals surface area contributed by atoms with Gasteiger partial charge in [0.15, 0.2) is 6.04 Å². The van der Waals surface area contributed by atoms with Crippen LogP contribution in [0.2, 0.25) is 0 Å². The first-order chi connectivity index (χ1) is 36.9. The lowest BCUT2D eigenvalue weighted by Gasteiger charge is -2.35. The molecule has 430 valence electrons. The lowest BCUT2D eigenvalue weighted by atomic mass is 9.93. The largest absolute Gasteiger partial charge is 0.487 e. The molecule has 1 fully saturated rings. The number of nitrogens with zero attached hydrogens (tertiary/aromatic N) is 1. The average Bonchev–Trinajstić information content (AvgIpc) is 3.44. The highest BCUT2D eigenvalue weighted by Crippen LogP contribution is 2.28. The molecule has 0 unspecified atom stereocenters. The van der Waals surface area contributed by atoms with Gasteiger partial charge in [-0.25, -0.2) is 4.79 Å². The first-order valence-corrected chi connectivity index (χ1v) is 26.4. The van der Waals surface area contributed by atoms with Gasteiger partial charge in [-0.3, -0.25) is 38.4 Å². The van der Waals surface area contributed by atoms with Crippen LogP contribution in [0.5, 0.6) is 5.75 Å². The van der Waals surface area contributed by atoms with Crippen LogP contribution in [0.4, 0.5) is 0 Å². The molecule has 0 aromatic heterocycles. The Balaban J connectivity index is 2.04. The molecule has 2 aromatic carbocycles. The van der Waals surface area contributed by atoms with Crippen molar-refractivity contribution in [1.82, 2.24) is 36.8 Å². The van der Waals surface area contributed by atoms with Gasteiger partial charge in [0.25, 0.3) is 0 Å². The van der Waals surface area contributed by atoms with Gasteiger partial charge in [-0.05, 0) is 68.4 Å². The number of benzene rings is 2. The summed E-state index contributed by atoms with van der Waals surface area (Å²) in [5, 5.41) is 48.0. The minimum Gasteiger partial charge on any atom is -0.487 e. The number of rotatable bonds is 14. The number of aliphatic hydroxyl groups is 3. The molecule has 3 heterocycles. The van der Waals surface area contributed by atoms with Crippen molar-refractivity contribution in [1.29, 1.82) is 0 Å². The molecule has 4 bridgehead atoms. The second kappa shape index (κ2) is 29.7. The van der Waals surface area contributed by atoms with Gasteiger partial charge in [0, 0.05) is 26.2 Å². The number of amides is 7. The number of aliphatic hydroxyl groups excluding tert-OH is 3. The van der Waals surface area contributed by atoms with Gasteiger partial charge in [0.05, 0.1) is 24.7 Å². The van der Waals surface area contributed by atoms with Crippen LogP contribution < -0.4 is 36.6 Å². The Kier molecular flexibility index (Phi) is 24.2. The summed E-state index contributed by atoms with van der Waals surface area (Å²) >= 11 is 0. The highest BCUT2D eigenvalue weighted by molar-refractivity contribution is 5.98. The maximum Gasteiger partial charge on any atom is 0.332 e. The van der Waals surface area contributed by atoms with E-state index < -0.39 is 157 Å². The monoisotopic (exact) mass is 1090 g/mol. The van der Waals surface area contributed by atoms with Crippen molar-refractivity contribution < 1.29 is 77.4 Å². The van der Waals surface area contributed by atoms with Crippen molar-refractivity contribution in [2.75, 3.05) is 33.4 Å². The van der Waals surface area contributed by atoms with Crippen molar-refractivity contribution >= 4 is 53.3 Å². The summed E-state index contributed by atoms with van der Waals surface area (Å²) in [7, 11) is 1.31. The van der Waals surface area contributed by atoms with Crippen LogP contribution in [0.1, 0.15) is 98.7 Å². The number of unbranched alkanes of at least 4 members (excludes halogenated alkanes) is 1. The second-order valence-corrected chi connectivity index (χ2v) is 20.3. The Hall–Kier alpha value is -6.95. The Morgan fingerprint density at radius 3 is 2.08 bits per heavy atom. The third kappa shape index (κ3) is 17.3. The fourth-order valence-corrected chi connectivity index (χ4v) is 8.54. The molecule has 0 radical (unpaired) electrons. The summed E-state index contributed by atoms with van der Waals surface area (Å²) in [6.45, 7) is 11.8. The zero-order valence-corrected chi connectivity index (χ0v) is 46.1. The Morgan fingerprint density at radius 2 is 1.47 bits per heavy atom. The van der Waals surface area contributed by atoms with Crippen molar-refractivity contribution in [3.63, 3.8) is 0 Å². The van der Waals surface area contributed by atoms with E-state index in [0.29, 0.717) is 12.0 Å². The van der Waals surface area contributed by atoms with E-state index in [1.54, 1.807) is 65.0 Å². The van der Waals surface area contributed by atoms with Crippen LogP contribution in [0.15, 0.2) is 66.7 Å². The third-order valence-electron chi connectivity index (χ3n) is 14.0. The normalized spacial score (nSPS) is 27.2. The number of ether oxygens (including phenoxy) is 4. The number of cyclic esters (lactones) is 1. The van der Waals surface area contributed by atoms with E-state index in [1.807, 2.05) is 6.92 Å². The van der Waals surface area contributed by atoms with Crippen LogP contribution in [-0.2, 0) is 63.8 Å². The predicted octanol–water partition coefficient (Wildman–Crippen LogP) is 0.422. The Bertz CT molecular complexity index is 2420. The highest BCUT2D eigenvalue weighted by Gasteiger charge is 2.42. The van der Waals surface area contributed by atoms with Gasteiger partial charge in [-0.15, -0.1) is 0 Å². The minimum absolute atomic E-state index is 0.147. The number of carbonyl (C=O) groups is 9. The molecule has 3 aliphatic heterocycles. The topological polar surface area (TPSA) is 327 Å². The number of hydrogen-bond acceptors (Lipinski definition) is 16. The first-order valence-electron chi connectivity index (χ1n) is 26.4. The zero-order chi connectivity index (χ0) is 58.0. The molecular weight excluding hydrogens is 1010 g/mol. The zero-order valence-electron chi connectivity index (χ0n) is 46.1. The molecule has 23 heteroatoms. The van der Waals surface area contributed by atoms with Crippen LogP contribution in [0.3, 0.4) is 0 Å². The summed E-state index contributed by atoms with van der Waals surface area (Å²) in [4.78, 5) is 130. The van der Waals surface area contributed by atoms with Crippen LogP contribution in [0, 0.1) is 17.8 Å². The van der Waals surface area contributed by atoms with Crippen molar-refractivity contribution in [2.45, 2.75) is 154 Å². The van der Waals surface area contributed by atoms with E-state index in [9.17, 15) is 53.7 Å². The number of carbonyl (C=O) groups excluding carboxylic acids is 9. The van der Waals surface area contributed by atoms with Gasteiger partial charge >= 0.3 is 11.9 Å². The molecule has 9 N–H and O–H groups in total. The lowest BCUT2D eigenvalue weighted by molar-refractivity contribution is -0.160. The molecule has 0 saturated carbocycles.